The normalized spacial score (nSPS) is 21.3. The van der Waals surface area contributed by atoms with Gasteiger partial charge in [-0.05, 0) is 69.0 Å². The Hall–Kier alpha value is -4.33. The summed E-state index contributed by atoms with van der Waals surface area (Å²) in [4.78, 5) is 71.1. The van der Waals surface area contributed by atoms with Gasteiger partial charge in [-0.2, -0.15) is 0 Å². The maximum absolute atomic E-state index is 14.3. The molecule has 51 heavy (non-hydrogen) atoms. The van der Waals surface area contributed by atoms with Gasteiger partial charge in [-0.25, -0.2) is 0 Å². The number of aliphatic carboxylic acids is 1. The molecule has 0 radical (unpaired) electrons. The SMILES string of the molecule is NCCCCC(NC(=O)C1(NC(=O)C(Cc2ccccc2)NC(=O)C(N)Cc2ccccc2)CCCC1)C(=O)N1C2CCC1CN(CC(=O)O)C2. The zero-order chi connectivity index (χ0) is 36.4. The lowest BCUT2D eigenvalue weighted by Crippen LogP contribution is -2.65. The van der Waals surface area contributed by atoms with Gasteiger partial charge in [-0.3, -0.25) is 28.9 Å². The van der Waals surface area contributed by atoms with E-state index < -0.39 is 47.4 Å². The second-order valence-electron chi connectivity index (χ2n) is 14.4. The molecule has 5 atom stereocenters. The van der Waals surface area contributed by atoms with Crippen LogP contribution >= 0.6 is 0 Å². The van der Waals surface area contributed by atoms with Crippen LogP contribution in [0, 0.1) is 0 Å². The summed E-state index contributed by atoms with van der Waals surface area (Å²) in [5, 5.41) is 18.3. The topological polar surface area (TPSA) is 200 Å². The van der Waals surface area contributed by atoms with Crippen molar-refractivity contribution < 1.29 is 29.1 Å². The Labute approximate surface area is 299 Å². The third-order valence-corrected chi connectivity index (χ3v) is 10.5. The quantitative estimate of drug-likeness (QED) is 0.131. The van der Waals surface area contributed by atoms with E-state index in [0.717, 1.165) is 24.0 Å². The highest BCUT2D eigenvalue weighted by Gasteiger charge is 2.48. The Morgan fingerprint density at radius 2 is 1.39 bits per heavy atom. The van der Waals surface area contributed by atoms with Gasteiger partial charge in [-0.1, -0.05) is 73.5 Å². The van der Waals surface area contributed by atoms with E-state index >= 15 is 0 Å². The number of benzene rings is 2. The highest BCUT2D eigenvalue weighted by atomic mass is 16.4. The smallest absolute Gasteiger partial charge is 0.317 e. The van der Waals surface area contributed by atoms with Crippen LogP contribution in [0.25, 0.3) is 0 Å². The number of carbonyl (C=O) groups is 5. The van der Waals surface area contributed by atoms with Gasteiger partial charge in [0, 0.05) is 31.6 Å². The summed E-state index contributed by atoms with van der Waals surface area (Å²) in [5.74, 6) is -2.45. The van der Waals surface area contributed by atoms with Gasteiger partial charge >= 0.3 is 5.97 Å². The van der Waals surface area contributed by atoms with Gasteiger partial charge in [0.2, 0.25) is 23.6 Å². The van der Waals surface area contributed by atoms with E-state index in [-0.39, 0.29) is 31.0 Å². The fourth-order valence-corrected chi connectivity index (χ4v) is 7.91. The number of hydrogen-bond acceptors (Lipinski definition) is 8. The highest BCUT2D eigenvalue weighted by Crippen LogP contribution is 2.33. The van der Waals surface area contributed by atoms with Crippen molar-refractivity contribution in [3.8, 4) is 0 Å². The number of carbonyl (C=O) groups excluding carboxylic acids is 4. The number of unbranched alkanes of at least 4 members (excludes halogenated alkanes) is 1. The fraction of sp³-hybridized carbons (Fsp3) is 0.553. The van der Waals surface area contributed by atoms with Gasteiger partial charge in [-0.15, -0.1) is 0 Å². The number of nitrogens with two attached hydrogens (primary N) is 2. The van der Waals surface area contributed by atoms with E-state index in [0.29, 0.717) is 71.0 Å². The van der Waals surface area contributed by atoms with Crippen LogP contribution in [0.15, 0.2) is 60.7 Å². The van der Waals surface area contributed by atoms with Crippen LogP contribution in [0.4, 0.5) is 0 Å². The summed E-state index contributed by atoms with van der Waals surface area (Å²) in [5.41, 5.74) is 12.5. The van der Waals surface area contributed by atoms with Crippen LogP contribution < -0.4 is 27.4 Å². The van der Waals surface area contributed by atoms with Gasteiger partial charge in [0.05, 0.1) is 12.6 Å². The zero-order valence-corrected chi connectivity index (χ0v) is 29.3. The van der Waals surface area contributed by atoms with Crippen LogP contribution in [-0.2, 0) is 36.8 Å². The summed E-state index contributed by atoms with van der Waals surface area (Å²) in [6.45, 7) is 1.33. The average Bonchev–Trinajstić information content (AvgIpc) is 3.70. The first-order chi connectivity index (χ1) is 24.6. The number of amides is 4. The second-order valence-corrected chi connectivity index (χ2v) is 14.4. The minimum absolute atomic E-state index is 0.0708. The van der Waals surface area contributed by atoms with Crippen molar-refractivity contribution in [3.63, 3.8) is 0 Å². The molecule has 276 valence electrons. The van der Waals surface area contributed by atoms with Gasteiger partial charge in [0.15, 0.2) is 0 Å². The van der Waals surface area contributed by atoms with E-state index in [9.17, 15) is 29.1 Å². The van der Waals surface area contributed by atoms with Crippen LogP contribution in [-0.4, -0.2) is 106 Å². The number of fused-ring (bicyclic) bond motifs is 2. The predicted molar refractivity (Wildman–Crippen MR) is 192 cm³/mol. The Bertz CT molecular complexity index is 1490. The molecule has 2 heterocycles. The first kappa shape index (κ1) is 37.9. The van der Waals surface area contributed by atoms with Gasteiger partial charge in [0.1, 0.15) is 17.6 Å². The molecule has 2 saturated heterocycles. The van der Waals surface area contributed by atoms with Crippen molar-refractivity contribution in [1.29, 1.82) is 0 Å². The van der Waals surface area contributed by atoms with Crippen LogP contribution in [0.2, 0.25) is 0 Å². The molecular formula is C38H53N7O6. The molecule has 2 aromatic rings. The first-order valence-corrected chi connectivity index (χ1v) is 18.3. The lowest BCUT2D eigenvalue weighted by molar-refractivity contribution is -0.145. The Morgan fingerprint density at radius 1 is 0.804 bits per heavy atom. The van der Waals surface area contributed by atoms with Crippen LogP contribution in [0.1, 0.15) is 68.9 Å². The standard InChI is InChI=1S/C38H53N7O6/c39-20-10-7-15-31(36(50)45-28-16-17-29(45)24-44(23-28)25-33(46)47)42-37(51)38(18-8-9-19-38)43-35(49)32(22-27-13-5-2-6-14-27)41-34(48)30(40)21-26-11-3-1-4-12-26/h1-6,11-14,28-32H,7-10,15-25,39-40H2,(H,41,48)(H,42,51)(H,43,49)(H,46,47). The van der Waals surface area contributed by atoms with Crippen LogP contribution in [0.3, 0.4) is 0 Å². The molecule has 1 aliphatic carbocycles. The maximum atomic E-state index is 14.3. The lowest BCUT2D eigenvalue weighted by Gasteiger charge is -2.42. The molecule has 0 spiro atoms. The number of nitrogens with one attached hydrogen (secondary N) is 3. The number of hydrogen-bond donors (Lipinski definition) is 6. The maximum Gasteiger partial charge on any atom is 0.317 e. The third kappa shape index (κ3) is 9.93. The highest BCUT2D eigenvalue weighted by molar-refractivity contribution is 5.97. The van der Waals surface area contributed by atoms with Crippen molar-refractivity contribution in [1.82, 2.24) is 25.8 Å². The van der Waals surface area contributed by atoms with E-state index in [2.05, 4.69) is 16.0 Å². The van der Waals surface area contributed by atoms with Crippen molar-refractivity contribution >= 4 is 29.6 Å². The van der Waals surface area contributed by atoms with Gasteiger partial charge < -0.3 is 37.4 Å². The molecule has 2 aliphatic heterocycles. The predicted octanol–water partition coefficient (Wildman–Crippen LogP) is 1.09. The molecule has 2 aromatic carbocycles. The Morgan fingerprint density at radius 3 is 1.96 bits per heavy atom. The number of likely N-dealkylation sites (tertiary alicyclic amines) is 1. The number of nitrogens with zero attached hydrogens (tertiary/aromatic N) is 2. The third-order valence-electron chi connectivity index (χ3n) is 10.5. The number of rotatable bonds is 17. The molecule has 4 amide bonds. The van der Waals surface area contributed by atoms with Crippen molar-refractivity contribution in [2.24, 2.45) is 11.5 Å². The zero-order valence-electron chi connectivity index (χ0n) is 29.3. The number of carboxylic acids is 1. The molecule has 5 unspecified atom stereocenters. The number of piperazine rings is 1. The summed E-state index contributed by atoms with van der Waals surface area (Å²) in [7, 11) is 0. The van der Waals surface area contributed by atoms with Crippen LogP contribution in [0.5, 0.6) is 0 Å². The average molecular weight is 704 g/mol. The molecule has 8 N–H and O–H groups in total. The summed E-state index contributed by atoms with van der Waals surface area (Å²) in [6.07, 6.45) is 5.99. The molecule has 13 nitrogen and oxygen atoms in total. The molecule has 13 heteroatoms. The largest absolute Gasteiger partial charge is 0.480 e. The van der Waals surface area contributed by atoms with E-state index in [1.807, 2.05) is 70.5 Å². The number of carboxylic acid groups (broad SMARTS) is 1. The monoisotopic (exact) mass is 703 g/mol. The van der Waals surface area contributed by atoms with E-state index in [1.165, 1.54) is 0 Å². The fourth-order valence-electron chi connectivity index (χ4n) is 7.91. The lowest BCUT2D eigenvalue weighted by atomic mass is 9.93. The summed E-state index contributed by atoms with van der Waals surface area (Å²) >= 11 is 0. The van der Waals surface area contributed by atoms with Crippen molar-refractivity contribution in [2.75, 3.05) is 26.2 Å². The molecule has 3 aliphatic rings. The van der Waals surface area contributed by atoms with Gasteiger partial charge in [0.25, 0.3) is 0 Å². The van der Waals surface area contributed by atoms with E-state index in [1.54, 1.807) is 0 Å². The Balaban J connectivity index is 1.31. The molecule has 0 aromatic heterocycles. The van der Waals surface area contributed by atoms with Crippen molar-refractivity contribution in [3.05, 3.63) is 71.8 Å². The molecule has 3 fully saturated rings. The Kier molecular flexibility index (Phi) is 13.2. The summed E-state index contributed by atoms with van der Waals surface area (Å²) in [6, 6.07) is 15.8. The molecule has 2 bridgehead atoms. The summed E-state index contributed by atoms with van der Waals surface area (Å²) < 4.78 is 0. The second kappa shape index (κ2) is 17.7. The molecule has 5 rings (SSSR count). The minimum atomic E-state index is -1.26. The minimum Gasteiger partial charge on any atom is -0.480 e. The first-order valence-electron chi connectivity index (χ1n) is 18.3. The van der Waals surface area contributed by atoms with E-state index in [4.69, 9.17) is 11.5 Å². The molecule has 1 saturated carbocycles. The molecular weight excluding hydrogens is 650 g/mol. The van der Waals surface area contributed by atoms with Crippen molar-refractivity contribution in [2.45, 2.75) is 106 Å².